The zero-order valence-corrected chi connectivity index (χ0v) is 13.4. The molecule has 1 atom stereocenters. The van der Waals surface area contributed by atoms with E-state index in [-0.39, 0.29) is 11.8 Å². The van der Waals surface area contributed by atoms with Crippen LogP contribution >= 0.6 is 23.1 Å². The molecule has 0 bridgehead atoms. The lowest BCUT2D eigenvalue weighted by Gasteiger charge is -2.20. The van der Waals surface area contributed by atoms with E-state index in [0.29, 0.717) is 16.8 Å². The number of thiazole rings is 1. The molecule has 0 spiro atoms. The van der Waals surface area contributed by atoms with Gasteiger partial charge in [0.25, 0.3) is 0 Å². The van der Waals surface area contributed by atoms with Gasteiger partial charge in [-0.15, -0.1) is 11.8 Å². The molecule has 0 radical (unpaired) electrons. The molecule has 1 N–H and O–H groups in total. The fraction of sp³-hybridized carbons (Fsp3) is 0.357. The number of rotatable bonds is 2. The number of aryl methyl sites for hydroxylation is 1. The first-order valence-electron chi connectivity index (χ1n) is 6.58. The number of hydrogen-bond acceptors (Lipinski definition) is 5. The van der Waals surface area contributed by atoms with Crippen LogP contribution < -0.4 is 5.32 Å². The third-order valence-electron chi connectivity index (χ3n) is 3.44. The second kappa shape index (κ2) is 5.65. The highest BCUT2D eigenvalue weighted by molar-refractivity contribution is 7.99. The van der Waals surface area contributed by atoms with Gasteiger partial charge in [0.1, 0.15) is 6.04 Å². The molecule has 2 heterocycles. The highest BCUT2D eigenvalue weighted by Gasteiger charge is 2.33. The molecule has 21 heavy (non-hydrogen) atoms. The molecule has 1 aromatic carbocycles. The predicted octanol–water partition coefficient (Wildman–Crippen LogP) is 2.46. The number of nitrogens with zero attached hydrogens (tertiary/aromatic N) is 2. The van der Waals surface area contributed by atoms with Gasteiger partial charge in [0, 0.05) is 12.7 Å². The van der Waals surface area contributed by atoms with Crippen molar-refractivity contribution in [3.8, 4) is 0 Å². The predicted molar refractivity (Wildman–Crippen MR) is 86.6 cm³/mol. The van der Waals surface area contributed by atoms with Crippen molar-refractivity contribution in [3.63, 3.8) is 0 Å². The van der Waals surface area contributed by atoms with E-state index in [0.717, 1.165) is 15.8 Å². The smallest absolute Gasteiger partial charge is 0.249 e. The van der Waals surface area contributed by atoms with E-state index in [1.54, 1.807) is 16.7 Å². The Morgan fingerprint density at radius 3 is 2.95 bits per heavy atom. The van der Waals surface area contributed by atoms with Gasteiger partial charge in [-0.1, -0.05) is 23.5 Å². The third kappa shape index (κ3) is 2.75. The van der Waals surface area contributed by atoms with Gasteiger partial charge in [-0.05, 0) is 18.6 Å². The van der Waals surface area contributed by atoms with Crippen molar-refractivity contribution in [3.05, 3.63) is 23.8 Å². The summed E-state index contributed by atoms with van der Waals surface area (Å²) in [6, 6.07) is 5.56. The minimum atomic E-state index is -0.402. The van der Waals surface area contributed by atoms with Gasteiger partial charge < -0.3 is 10.2 Å². The summed E-state index contributed by atoms with van der Waals surface area (Å²) in [5, 5.41) is 3.43. The molecule has 0 saturated carbocycles. The Bertz CT molecular complexity index is 713. The molecule has 7 heteroatoms. The van der Waals surface area contributed by atoms with Crippen molar-refractivity contribution in [2.75, 3.05) is 16.9 Å². The largest absolute Gasteiger partial charge is 0.321 e. The standard InChI is InChI=1S/C14H15N3O2S2/c1-8-4-3-5-11-12(8)15-14(21-11)16-13(19)10-6-20-7-17(10)9(2)18/h3-5,10H,6-7H2,1-2H3,(H,15,16,19)/t10-/m1/s1. The van der Waals surface area contributed by atoms with E-state index < -0.39 is 6.04 Å². The van der Waals surface area contributed by atoms with E-state index in [1.807, 2.05) is 25.1 Å². The topological polar surface area (TPSA) is 62.3 Å². The average molecular weight is 321 g/mol. The van der Waals surface area contributed by atoms with Crippen molar-refractivity contribution >= 4 is 50.3 Å². The van der Waals surface area contributed by atoms with Gasteiger partial charge >= 0.3 is 0 Å². The molecule has 2 amide bonds. The average Bonchev–Trinajstić information content (AvgIpc) is 3.04. The van der Waals surface area contributed by atoms with Gasteiger partial charge in [0.15, 0.2) is 5.13 Å². The van der Waals surface area contributed by atoms with Crippen LogP contribution in [0.4, 0.5) is 5.13 Å². The minimum Gasteiger partial charge on any atom is -0.321 e. The molecular formula is C14H15N3O2S2. The van der Waals surface area contributed by atoms with Gasteiger partial charge in [-0.3, -0.25) is 9.59 Å². The lowest BCUT2D eigenvalue weighted by atomic mass is 10.2. The molecular weight excluding hydrogens is 306 g/mol. The van der Waals surface area contributed by atoms with Crippen molar-refractivity contribution in [1.82, 2.24) is 9.88 Å². The lowest BCUT2D eigenvalue weighted by molar-refractivity contribution is -0.134. The summed E-state index contributed by atoms with van der Waals surface area (Å²) in [6.45, 7) is 3.49. The Morgan fingerprint density at radius 1 is 1.43 bits per heavy atom. The van der Waals surface area contributed by atoms with E-state index >= 15 is 0 Å². The number of thioether (sulfide) groups is 1. The van der Waals surface area contributed by atoms with Crippen molar-refractivity contribution in [1.29, 1.82) is 0 Å². The number of nitrogens with one attached hydrogen (secondary N) is 1. The van der Waals surface area contributed by atoms with E-state index in [9.17, 15) is 9.59 Å². The monoisotopic (exact) mass is 321 g/mol. The summed E-state index contributed by atoms with van der Waals surface area (Å²) >= 11 is 3.05. The Balaban J connectivity index is 1.80. The first-order chi connectivity index (χ1) is 10.1. The first-order valence-corrected chi connectivity index (χ1v) is 8.55. The van der Waals surface area contributed by atoms with Gasteiger partial charge in [-0.25, -0.2) is 4.98 Å². The van der Waals surface area contributed by atoms with E-state index in [4.69, 9.17) is 0 Å². The number of fused-ring (bicyclic) bond motifs is 1. The first kappa shape index (κ1) is 14.3. The SMILES string of the molecule is CC(=O)N1CSC[C@@H]1C(=O)Nc1nc2c(C)cccc2s1. The van der Waals surface area contributed by atoms with E-state index in [1.165, 1.54) is 18.3 Å². The van der Waals surface area contributed by atoms with Crippen LogP contribution in [0, 0.1) is 6.92 Å². The Hall–Kier alpha value is -1.60. The maximum Gasteiger partial charge on any atom is 0.249 e. The fourth-order valence-corrected chi connectivity index (χ4v) is 4.46. The van der Waals surface area contributed by atoms with Crippen LogP contribution in [0.25, 0.3) is 10.2 Å². The van der Waals surface area contributed by atoms with Crippen molar-refractivity contribution in [2.24, 2.45) is 0 Å². The Kier molecular flexibility index (Phi) is 3.86. The van der Waals surface area contributed by atoms with Crippen LogP contribution in [-0.2, 0) is 9.59 Å². The van der Waals surface area contributed by atoms with Crippen molar-refractivity contribution < 1.29 is 9.59 Å². The number of hydrogen-bond donors (Lipinski definition) is 1. The molecule has 1 fully saturated rings. The molecule has 3 rings (SSSR count). The van der Waals surface area contributed by atoms with Crippen LogP contribution in [0.1, 0.15) is 12.5 Å². The number of para-hydroxylation sites is 1. The zero-order valence-electron chi connectivity index (χ0n) is 11.8. The Labute approximate surface area is 130 Å². The molecule has 1 saturated heterocycles. The molecule has 1 aliphatic rings. The second-order valence-electron chi connectivity index (χ2n) is 4.93. The quantitative estimate of drug-likeness (QED) is 0.923. The molecule has 5 nitrogen and oxygen atoms in total. The highest BCUT2D eigenvalue weighted by atomic mass is 32.2. The summed E-state index contributed by atoms with van der Waals surface area (Å²) < 4.78 is 1.05. The molecule has 0 unspecified atom stereocenters. The minimum absolute atomic E-state index is 0.0692. The van der Waals surface area contributed by atoms with Crippen LogP contribution in [-0.4, -0.2) is 39.4 Å². The summed E-state index contributed by atoms with van der Waals surface area (Å²) in [5.41, 5.74) is 2.01. The maximum absolute atomic E-state index is 12.3. The number of carbonyl (C=O) groups excluding carboxylic acids is 2. The summed E-state index contributed by atoms with van der Waals surface area (Å²) in [4.78, 5) is 29.9. The fourth-order valence-electron chi connectivity index (χ4n) is 2.30. The number of amides is 2. The molecule has 1 aliphatic heterocycles. The van der Waals surface area contributed by atoms with Gasteiger partial charge in [-0.2, -0.15) is 0 Å². The second-order valence-corrected chi connectivity index (χ2v) is 6.96. The van der Waals surface area contributed by atoms with Crippen LogP contribution in [0.15, 0.2) is 18.2 Å². The zero-order chi connectivity index (χ0) is 15.0. The normalized spacial score (nSPS) is 18.2. The molecule has 2 aromatic rings. The molecule has 0 aliphatic carbocycles. The van der Waals surface area contributed by atoms with Crippen LogP contribution in [0.3, 0.4) is 0 Å². The molecule has 110 valence electrons. The van der Waals surface area contributed by atoms with Gasteiger partial charge in [0.05, 0.1) is 16.1 Å². The summed E-state index contributed by atoms with van der Waals surface area (Å²) in [5.74, 6) is 0.981. The van der Waals surface area contributed by atoms with Crippen molar-refractivity contribution in [2.45, 2.75) is 19.9 Å². The number of benzene rings is 1. The summed E-state index contributed by atoms with van der Waals surface area (Å²) in [7, 11) is 0. The van der Waals surface area contributed by atoms with Crippen LogP contribution in [0.5, 0.6) is 0 Å². The van der Waals surface area contributed by atoms with Gasteiger partial charge in [0.2, 0.25) is 11.8 Å². The molecule has 1 aromatic heterocycles. The Morgan fingerprint density at radius 2 is 2.24 bits per heavy atom. The highest BCUT2D eigenvalue weighted by Crippen LogP contribution is 2.29. The third-order valence-corrected chi connectivity index (χ3v) is 5.39. The van der Waals surface area contributed by atoms with E-state index in [2.05, 4.69) is 10.3 Å². The number of aromatic nitrogens is 1. The maximum atomic E-state index is 12.3. The summed E-state index contributed by atoms with van der Waals surface area (Å²) in [6.07, 6.45) is 0. The number of carbonyl (C=O) groups is 2. The number of anilines is 1. The lowest BCUT2D eigenvalue weighted by Crippen LogP contribution is -2.43. The van der Waals surface area contributed by atoms with Crippen LogP contribution in [0.2, 0.25) is 0 Å².